The van der Waals surface area contributed by atoms with E-state index in [0.29, 0.717) is 10.4 Å². The van der Waals surface area contributed by atoms with Crippen LogP contribution >= 0.6 is 38.6 Å². The monoisotopic (exact) mass is 541 g/mol. The summed E-state index contributed by atoms with van der Waals surface area (Å²) in [5.41, 5.74) is 1.33. The Morgan fingerprint density at radius 1 is 1.03 bits per heavy atom. The number of nitrogens with zero attached hydrogens (tertiary/aromatic N) is 3. The van der Waals surface area contributed by atoms with E-state index >= 15 is 0 Å². The maximum atomic E-state index is 14.1. The summed E-state index contributed by atoms with van der Waals surface area (Å²) in [5, 5.41) is 6.30. The van der Waals surface area contributed by atoms with E-state index in [4.69, 9.17) is 0 Å². The molecular formula is C21H12BrF4N3OS2. The highest BCUT2D eigenvalue weighted by atomic mass is 79.9. The molecule has 0 aliphatic rings. The lowest BCUT2D eigenvalue weighted by atomic mass is 10.2. The molecule has 4 nitrogen and oxygen atoms in total. The number of thiazole rings is 1. The largest absolute Gasteiger partial charge is 0.435 e. The highest BCUT2D eigenvalue weighted by Crippen LogP contribution is 2.32. The van der Waals surface area contributed by atoms with Gasteiger partial charge in [0.05, 0.1) is 20.6 Å². The fourth-order valence-electron chi connectivity index (χ4n) is 2.65. The van der Waals surface area contributed by atoms with Crippen LogP contribution in [0.3, 0.4) is 0 Å². The molecule has 0 aliphatic heterocycles. The molecule has 4 rings (SSSR count). The third kappa shape index (κ3) is 5.34. The van der Waals surface area contributed by atoms with Crippen LogP contribution in [0.1, 0.15) is 5.56 Å². The quantitative estimate of drug-likeness (QED) is 0.190. The molecule has 0 atom stereocenters. The zero-order valence-corrected chi connectivity index (χ0v) is 19.1. The van der Waals surface area contributed by atoms with Crippen molar-refractivity contribution in [1.29, 1.82) is 0 Å². The first kappa shape index (κ1) is 22.4. The van der Waals surface area contributed by atoms with Crippen molar-refractivity contribution in [3.05, 3.63) is 85.8 Å². The van der Waals surface area contributed by atoms with Gasteiger partial charge < -0.3 is 4.74 Å². The van der Waals surface area contributed by atoms with Gasteiger partial charge in [0.25, 0.3) is 0 Å². The summed E-state index contributed by atoms with van der Waals surface area (Å²) in [6.07, 6.45) is 1.52. The van der Waals surface area contributed by atoms with Crippen LogP contribution in [0.4, 0.5) is 23.2 Å². The first-order valence-corrected chi connectivity index (χ1v) is 11.4. The molecule has 0 spiro atoms. The second kappa shape index (κ2) is 9.80. The Morgan fingerprint density at radius 3 is 2.47 bits per heavy atom. The van der Waals surface area contributed by atoms with Crippen molar-refractivity contribution in [1.82, 2.24) is 4.68 Å². The summed E-state index contributed by atoms with van der Waals surface area (Å²) in [5.74, 6) is -1.45. The molecule has 0 radical (unpaired) electrons. The Morgan fingerprint density at radius 2 is 1.81 bits per heavy atom. The van der Waals surface area contributed by atoms with E-state index < -0.39 is 18.2 Å². The molecule has 0 fully saturated rings. The predicted octanol–water partition coefficient (Wildman–Crippen LogP) is 7.03. The van der Waals surface area contributed by atoms with Gasteiger partial charge in [0.1, 0.15) is 17.3 Å². The number of halogens is 5. The Hall–Kier alpha value is -2.76. The summed E-state index contributed by atoms with van der Waals surface area (Å²) in [4.78, 5) is 5.57. The van der Waals surface area contributed by atoms with Crippen molar-refractivity contribution in [2.24, 2.45) is 10.1 Å². The minimum absolute atomic E-state index is 0.0235. The third-order valence-corrected chi connectivity index (χ3v) is 6.53. The second-order valence-corrected chi connectivity index (χ2v) is 9.52. The molecule has 0 aliphatic carbocycles. The maximum Gasteiger partial charge on any atom is 0.387 e. The number of rotatable bonds is 6. The average molecular weight is 542 g/mol. The first-order chi connectivity index (χ1) is 15.4. The number of hydrogen-bond acceptors (Lipinski definition) is 5. The second-order valence-electron chi connectivity index (χ2n) is 6.22. The van der Waals surface area contributed by atoms with Gasteiger partial charge in [-0.3, -0.25) is 0 Å². The van der Waals surface area contributed by atoms with Gasteiger partial charge in [-0.1, -0.05) is 0 Å². The van der Waals surface area contributed by atoms with Gasteiger partial charge >= 0.3 is 6.61 Å². The lowest BCUT2D eigenvalue weighted by Crippen LogP contribution is -2.11. The summed E-state index contributed by atoms with van der Waals surface area (Å²) in [6.45, 7) is -2.90. The highest BCUT2D eigenvalue weighted by Gasteiger charge is 2.11. The number of ether oxygens (including phenoxy) is 1. The average Bonchev–Trinajstić information content (AvgIpc) is 3.35. The molecule has 0 unspecified atom stereocenters. The van der Waals surface area contributed by atoms with E-state index in [2.05, 4.69) is 30.8 Å². The third-order valence-electron chi connectivity index (χ3n) is 4.06. The molecule has 4 aromatic rings. The Balaban J connectivity index is 1.75. The van der Waals surface area contributed by atoms with E-state index in [-0.39, 0.29) is 11.4 Å². The lowest BCUT2D eigenvalue weighted by molar-refractivity contribution is -0.0498. The van der Waals surface area contributed by atoms with Crippen LogP contribution in [0.2, 0.25) is 0 Å². The smallest absolute Gasteiger partial charge is 0.387 e. The topological polar surface area (TPSA) is 38.9 Å². The van der Waals surface area contributed by atoms with Gasteiger partial charge in [-0.15, -0.1) is 22.7 Å². The summed E-state index contributed by atoms with van der Waals surface area (Å²) >= 11 is 6.16. The fraction of sp³-hybridized carbons (Fsp3) is 0.0476. The summed E-state index contributed by atoms with van der Waals surface area (Å²) in [7, 11) is 0. The Labute approximate surface area is 195 Å². The molecule has 11 heteroatoms. The summed E-state index contributed by atoms with van der Waals surface area (Å²) in [6, 6.07) is 12.9. The fourth-order valence-corrected chi connectivity index (χ4v) is 4.95. The van der Waals surface area contributed by atoms with Gasteiger partial charge in [-0.2, -0.15) is 13.9 Å². The molecule has 0 amide bonds. The van der Waals surface area contributed by atoms with Crippen LogP contribution in [-0.4, -0.2) is 17.5 Å². The number of aromatic nitrogens is 1. The van der Waals surface area contributed by atoms with Crippen LogP contribution in [0.15, 0.2) is 73.9 Å². The zero-order chi connectivity index (χ0) is 22.7. The molecule has 32 heavy (non-hydrogen) atoms. The summed E-state index contributed by atoms with van der Waals surface area (Å²) < 4.78 is 58.8. The minimum atomic E-state index is -2.90. The molecule has 164 valence electrons. The van der Waals surface area contributed by atoms with Crippen LogP contribution in [0.25, 0.3) is 10.6 Å². The predicted molar refractivity (Wildman–Crippen MR) is 121 cm³/mol. The molecular weight excluding hydrogens is 530 g/mol. The van der Waals surface area contributed by atoms with Gasteiger partial charge in [-0.05, 0) is 70.0 Å². The number of alkyl halides is 2. The van der Waals surface area contributed by atoms with E-state index in [9.17, 15) is 17.6 Å². The van der Waals surface area contributed by atoms with Crippen molar-refractivity contribution in [3.8, 4) is 16.3 Å². The number of thiophene rings is 1. The van der Waals surface area contributed by atoms with Gasteiger partial charge in [0, 0.05) is 11.4 Å². The van der Waals surface area contributed by atoms with Gasteiger partial charge in [-0.25, -0.2) is 18.4 Å². The van der Waals surface area contributed by atoms with Gasteiger partial charge in [0.2, 0.25) is 4.80 Å². The Bertz CT molecular complexity index is 1330. The molecule has 0 saturated carbocycles. The standard InChI is InChI=1S/C21H12BrF4N3OS2/c22-19-8-7-18(32-19)17-11-31-21(28-16-6-3-13(23)9-15(16)24)29(17)27-10-12-1-4-14(5-2-12)30-20(25)26/h1-11,20H/b27-10-,28-21?. The molecule has 0 bridgehead atoms. The maximum absolute atomic E-state index is 14.1. The molecule has 2 heterocycles. The van der Waals surface area contributed by atoms with E-state index in [1.165, 1.54) is 51.8 Å². The van der Waals surface area contributed by atoms with Crippen LogP contribution in [0, 0.1) is 11.6 Å². The molecule has 0 N–H and O–H groups in total. The van der Waals surface area contributed by atoms with E-state index in [1.54, 1.807) is 12.1 Å². The number of hydrogen-bond donors (Lipinski definition) is 0. The van der Waals surface area contributed by atoms with E-state index in [0.717, 1.165) is 26.5 Å². The Kier molecular flexibility index (Phi) is 6.87. The molecule has 2 aromatic carbocycles. The number of benzene rings is 2. The van der Waals surface area contributed by atoms with Crippen LogP contribution in [-0.2, 0) is 0 Å². The van der Waals surface area contributed by atoms with Gasteiger partial charge in [0.15, 0.2) is 5.82 Å². The molecule has 0 saturated heterocycles. The van der Waals surface area contributed by atoms with E-state index in [1.807, 2.05) is 17.5 Å². The van der Waals surface area contributed by atoms with Crippen molar-refractivity contribution < 1.29 is 22.3 Å². The van der Waals surface area contributed by atoms with Crippen molar-refractivity contribution >= 4 is 50.5 Å². The highest BCUT2D eigenvalue weighted by molar-refractivity contribution is 9.11. The lowest BCUT2D eigenvalue weighted by Gasteiger charge is -2.04. The SMILES string of the molecule is Fc1ccc(N=c2scc(-c3ccc(Br)s3)n2/N=C\c2ccc(OC(F)F)cc2)c(F)c1. The normalized spacial score (nSPS) is 12.2. The van der Waals surface area contributed by atoms with Crippen molar-refractivity contribution in [2.45, 2.75) is 6.61 Å². The zero-order valence-electron chi connectivity index (χ0n) is 15.9. The van der Waals surface area contributed by atoms with Crippen LogP contribution < -0.4 is 9.54 Å². The van der Waals surface area contributed by atoms with Crippen molar-refractivity contribution in [3.63, 3.8) is 0 Å². The van der Waals surface area contributed by atoms with Crippen molar-refractivity contribution in [2.75, 3.05) is 0 Å². The first-order valence-electron chi connectivity index (χ1n) is 8.94. The van der Waals surface area contributed by atoms with Crippen LogP contribution in [0.5, 0.6) is 5.75 Å². The molecule has 2 aromatic heterocycles. The minimum Gasteiger partial charge on any atom is -0.435 e.